The lowest BCUT2D eigenvalue weighted by molar-refractivity contribution is -0.382. The first-order valence-corrected chi connectivity index (χ1v) is 6.77. The molecule has 0 unspecified atom stereocenters. The lowest BCUT2D eigenvalue weighted by Crippen LogP contribution is -2.40. The maximum Gasteiger partial charge on any atom is 0.282 e. The zero-order chi connectivity index (χ0) is 15.1. The highest BCUT2D eigenvalue weighted by atomic mass is 16.9. The predicted octanol–water partition coefficient (Wildman–Crippen LogP) is 2.62. The van der Waals surface area contributed by atoms with Gasteiger partial charge in [-0.25, -0.2) is 0 Å². The van der Waals surface area contributed by atoms with Gasteiger partial charge in [-0.15, -0.1) is 0 Å². The maximum absolute atomic E-state index is 8.57. The summed E-state index contributed by atoms with van der Waals surface area (Å²) >= 11 is 0. The smallest absolute Gasteiger partial charge is 0.282 e. The highest BCUT2D eigenvalue weighted by molar-refractivity contribution is 4.72. The fourth-order valence-corrected chi connectivity index (χ4v) is 1.49. The minimum absolute atomic E-state index is 0.194. The van der Waals surface area contributed by atoms with E-state index in [4.69, 9.17) is 30.0 Å². The monoisotopic (exact) mass is 279 g/mol. The molecule has 0 rings (SSSR count). The lowest BCUT2D eigenvalue weighted by atomic mass is 10.2. The Hall–Kier alpha value is -1.65. The van der Waals surface area contributed by atoms with Gasteiger partial charge in [0.15, 0.2) is 0 Å². The molecular formula is C14H21N3O3. The highest BCUT2D eigenvalue weighted by Gasteiger charge is 2.32. The molecule has 20 heavy (non-hydrogen) atoms. The third-order valence-electron chi connectivity index (χ3n) is 2.44. The van der Waals surface area contributed by atoms with Crippen LogP contribution in [0.4, 0.5) is 0 Å². The Bertz CT molecular complexity index is 315. The highest BCUT2D eigenvalue weighted by Crippen LogP contribution is 2.24. The van der Waals surface area contributed by atoms with Crippen LogP contribution in [0.15, 0.2) is 0 Å². The Balaban J connectivity index is 4.62. The number of ether oxygens (including phenoxy) is 3. The van der Waals surface area contributed by atoms with Crippen LogP contribution in [0.3, 0.4) is 0 Å². The molecule has 0 aliphatic rings. The molecule has 0 atom stereocenters. The van der Waals surface area contributed by atoms with Gasteiger partial charge in [0.2, 0.25) is 0 Å². The molecule has 0 aliphatic carbocycles. The van der Waals surface area contributed by atoms with E-state index in [0.29, 0.717) is 6.42 Å². The van der Waals surface area contributed by atoms with Crippen molar-refractivity contribution in [2.45, 2.75) is 51.4 Å². The summed E-state index contributed by atoms with van der Waals surface area (Å²) in [4.78, 5) is 0. The molecule has 0 aliphatic heterocycles. The van der Waals surface area contributed by atoms with Crippen LogP contribution in [-0.4, -0.2) is 25.8 Å². The molecule has 0 heterocycles. The summed E-state index contributed by atoms with van der Waals surface area (Å²) in [5.74, 6) is -1.25. The van der Waals surface area contributed by atoms with Crippen LogP contribution in [0.2, 0.25) is 0 Å². The van der Waals surface area contributed by atoms with Crippen molar-refractivity contribution in [1.29, 1.82) is 15.8 Å². The van der Waals surface area contributed by atoms with Crippen molar-refractivity contribution in [2.24, 2.45) is 0 Å². The molecule has 6 nitrogen and oxygen atoms in total. The zero-order valence-electron chi connectivity index (χ0n) is 11.9. The van der Waals surface area contributed by atoms with Gasteiger partial charge in [0.1, 0.15) is 0 Å². The molecule has 0 N–H and O–H groups in total. The van der Waals surface area contributed by atoms with Gasteiger partial charge in [-0.05, 0) is 6.42 Å². The van der Waals surface area contributed by atoms with E-state index in [1.165, 1.54) is 0 Å². The van der Waals surface area contributed by atoms with Gasteiger partial charge in [-0.2, -0.15) is 15.8 Å². The molecule has 0 saturated heterocycles. The van der Waals surface area contributed by atoms with Crippen LogP contribution in [0.5, 0.6) is 0 Å². The third kappa shape index (κ3) is 8.45. The molecule has 6 heteroatoms. The summed E-state index contributed by atoms with van der Waals surface area (Å²) in [6, 6.07) is 5.97. The van der Waals surface area contributed by atoms with Crippen LogP contribution in [0.25, 0.3) is 0 Å². The van der Waals surface area contributed by atoms with E-state index in [0.717, 1.165) is 12.8 Å². The number of hydrogen-bond donors (Lipinski definition) is 0. The quantitative estimate of drug-likeness (QED) is 0.402. The number of rotatable bonds is 12. The number of hydrogen-bond acceptors (Lipinski definition) is 6. The summed E-state index contributed by atoms with van der Waals surface area (Å²) < 4.78 is 16.7. The second-order valence-corrected chi connectivity index (χ2v) is 4.06. The summed E-state index contributed by atoms with van der Waals surface area (Å²) in [5, 5.41) is 25.7. The Morgan fingerprint density at radius 1 is 0.800 bits per heavy atom. The molecule has 0 amide bonds. The van der Waals surface area contributed by atoms with E-state index in [-0.39, 0.29) is 39.1 Å². The zero-order valence-corrected chi connectivity index (χ0v) is 11.9. The van der Waals surface area contributed by atoms with E-state index in [2.05, 4.69) is 0 Å². The standard InChI is InChI=1S/C14H21N3O3/c1-2-3-7-14(18-11-4-8-15,19-12-5-9-16)20-13-6-10-17/h2-7,11-13H2,1H3. The Morgan fingerprint density at radius 2 is 1.20 bits per heavy atom. The van der Waals surface area contributed by atoms with E-state index < -0.39 is 5.97 Å². The van der Waals surface area contributed by atoms with Crippen LogP contribution in [-0.2, 0) is 14.2 Å². The van der Waals surface area contributed by atoms with Crippen LogP contribution in [0, 0.1) is 34.0 Å². The first kappa shape index (κ1) is 18.4. The van der Waals surface area contributed by atoms with Crippen molar-refractivity contribution in [3.8, 4) is 18.2 Å². The number of nitrogens with zero attached hydrogens (tertiary/aromatic N) is 3. The second kappa shape index (κ2) is 12.4. The summed E-state index contributed by atoms with van der Waals surface area (Å²) in [7, 11) is 0. The minimum atomic E-state index is -1.25. The fourth-order valence-electron chi connectivity index (χ4n) is 1.49. The summed E-state index contributed by atoms with van der Waals surface area (Å²) in [6.45, 7) is 2.61. The molecule has 0 radical (unpaired) electrons. The minimum Gasteiger partial charge on any atom is -0.326 e. The van der Waals surface area contributed by atoms with Gasteiger partial charge in [-0.1, -0.05) is 13.3 Å². The van der Waals surface area contributed by atoms with E-state index in [1.54, 1.807) is 0 Å². The SMILES string of the molecule is CCCCC(OCCC#N)(OCCC#N)OCCC#N. The molecule has 0 aromatic heterocycles. The van der Waals surface area contributed by atoms with Crippen molar-refractivity contribution in [3.05, 3.63) is 0 Å². The van der Waals surface area contributed by atoms with Crippen molar-refractivity contribution in [1.82, 2.24) is 0 Å². The van der Waals surface area contributed by atoms with Gasteiger partial charge in [0.05, 0.1) is 57.3 Å². The largest absolute Gasteiger partial charge is 0.326 e. The second-order valence-electron chi connectivity index (χ2n) is 4.06. The average Bonchev–Trinajstić information content (AvgIpc) is 2.46. The van der Waals surface area contributed by atoms with Crippen molar-refractivity contribution >= 4 is 0 Å². The van der Waals surface area contributed by atoms with E-state index in [1.807, 2.05) is 25.1 Å². The van der Waals surface area contributed by atoms with Crippen LogP contribution < -0.4 is 0 Å². The summed E-state index contributed by atoms with van der Waals surface area (Å²) in [6.07, 6.45) is 2.97. The molecule has 0 bridgehead atoms. The third-order valence-corrected chi connectivity index (χ3v) is 2.44. The number of nitriles is 3. The molecule has 0 fully saturated rings. The predicted molar refractivity (Wildman–Crippen MR) is 70.8 cm³/mol. The molecule has 0 spiro atoms. The van der Waals surface area contributed by atoms with E-state index >= 15 is 0 Å². The molecule has 0 saturated carbocycles. The normalized spacial score (nSPS) is 10.5. The number of unbranched alkanes of at least 4 members (excludes halogenated alkanes) is 1. The Morgan fingerprint density at radius 3 is 1.50 bits per heavy atom. The molecule has 0 aromatic carbocycles. The van der Waals surface area contributed by atoms with Crippen molar-refractivity contribution in [2.75, 3.05) is 19.8 Å². The van der Waals surface area contributed by atoms with Crippen molar-refractivity contribution < 1.29 is 14.2 Å². The van der Waals surface area contributed by atoms with Gasteiger partial charge in [-0.3, -0.25) is 0 Å². The Kier molecular flexibility index (Phi) is 11.4. The fraction of sp³-hybridized carbons (Fsp3) is 0.786. The average molecular weight is 279 g/mol. The first-order chi connectivity index (χ1) is 9.74. The van der Waals surface area contributed by atoms with E-state index in [9.17, 15) is 0 Å². The van der Waals surface area contributed by atoms with Gasteiger partial charge >= 0.3 is 0 Å². The first-order valence-electron chi connectivity index (χ1n) is 6.77. The van der Waals surface area contributed by atoms with Gasteiger partial charge in [0.25, 0.3) is 5.97 Å². The van der Waals surface area contributed by atoms with Gasteiger partial charge < -0.3 is 14.2 Å². The van der Waals surface area contributed by atoms with Crippen LogP contribution in [0.1, 0.15) is 45.4 Å². The lowest BCUT2D eigenvalue weighted by Gasteiger charge is -2.32. The maximum atomic E-state index is 8.57. The van der Waals surface area contributed by atoms with Crippen molar-refractivity contribution in [3.63, 3.8) is 0 Å². The molecule has 0 aromatic rings. The van der Waals surface area contributed by atoms with Gasteiger partial charge in [0, 0.05) is 6.42 Å². The molecular weight excluding hydrogens is 258 g/mol. The molecule has 110 valence electrons. The Labute approximate surface area is 120 Å². The van der Waals surface area contributed by atoms with Crippen LogP contribution >= 0.6 is 0 Å². The topological polar surface area (TPSA) is 99.1 Å². The summed E-state index contributed by atoms with van der Waals surface area (Å²) in [5.41, 5.74) is 0.